The van der Waals surface area contributed by atoms with Crippen molar-refractivity contribution in [2.45, 2.75) is 57.7 Å². The molecule has 2 heteroatoms. The second kappa shape index (κ2) is 3.97. The van der Waals surface area contributed by atoms with Crippen LogP contribution in [0, 0.1) is 0 Å². The Morgan fingerprint density at radius 1 is 1.38 bits per heavy atom. The Balaban J connectivity index is 2.01. The summed E-state index contributed by atoms with van der Waals surface area (Å²) in [6.07, 6.45) is 5.53. The van der Waals surface area contributed by atoms with Crippen LogP contribution < -0.4 is 5.32 Å². The van der Waals surface area contributed by atoms with Crippen LogP contribution in [0.4, 0.5) is 0 Å². The van der Waals surface area contributed by atoms with Crippen molar-refractivity contribution in [2.75, 3.05) is 13.1 Å². The minimum Gasteiger partial charge on any atom is -0.311 e. The predicted octanol–water partition coefficient (Wildman–Crippen LogP) is 1.61. The van der Waals surface area contributed by atoms with Crippen molar-refractivity contribution in [3.63, 3.8) is 0 Å². The zero-order valence-electron chi connectivity index (χ0n) is 8.92. The number of hydrogen-bond donors (Lipinski definition) is 1. The van der Waals surface area contributed by atoms with Crippen LogP contribution in [-0.2, 0) is 0 Å². The quantitative estimate of drug-likeness (QED) is 0.663. The minimum absolute atomic E-state index is 0.731. The summed E-state index contributed by atoms with van der Waals surface area (Å²) < 4.78 is 0. The lowest BCUT2D eigenvalue weighted by molar-refractivity contribution is 0.0441. The van der Waals surface area contributed by atoms with Gasteiger partial charge in [-0.3, -0.25) is 4.90 Å². The molecule has 1 N–H and O–H groups in total. The molecular formula is C11H22N2. The van der Waals surface area contributed by atoms with Crippen LogP contribution in [0.25, 0.3) is 0 Å². The third-order valence-electron chi connectivity index (χ3n) is 3.83. The van der Waals surface area contributed by atoms with Gasteiger partial charge in [-0.25, -0.2) is 0 Å². The summed E-state index contributed by atoms with van der Waals surface area (Å²) in [4.78, 5) is 2.73. The summed E-state index contributed by atoms with van der Waals surface area (Å²) in [7, 11) is 0. The fraction of sp³-hybridized carbons (Fsp3) is 1.00. The van der Waals surface area contributed by atoms with Gasteiger partial charge in [0, 0.05) is 24.7 Å². The van der Waals surface area contributed by atoms with Gasteiger partial charge in [0.25, 0.3) is 0 Å². The van der Waals surface area contributed by atoms with Crippen molar-refractivity contribution in [3.8, 4) is 0 Å². The van der Waals surface area contributed by atoms with Crippen molar-refractivity contribution < 1.29 is 0 Å². The number of rotatable bonds is 1. The number of fused-ring (bicyclic) bond motifs is 1. The molecule has 0 bridgehead atoms. The highest BCUT2D eigenvalue weighted by Gasteiger charge is 2.34. The average molecular weight is 182 g/mol. The normalized spacial score (nSPS) is 41.5. The van der Waals surface area contributed by atoms with E-state index in [1.807, 2.05) is 0 Å². The van der Waals surface area contributed by atoms with Gasteiger partial charge in [0.2, 0.25) is 0 Å². The number of piperidine rings is 1. The largest absolute Gasteiger partial charge is 0.311 e. The first-order valence-electron chi connectivity index (χ1n) is 5.82. The van der Waals surface area contributed by atoms with Crippen molar-refractivity contribution in [2.24, 2.45) is 0 Å². The molecule has 2 nitrogen and oxygen atoms in total. The van der Waals surface area contributed by atoms with Gasteiger partial charge in [-0.15, -0.1) is 0 Å². The molecule has 0 aliphatic carbocycles. The van der Waals surface area contributed by atoms with Crippen molar-refractivity contribution in [1.82, 2.24) is 10.2 Å². The topological polar surface area (TPSA) is 15.3 Å². The van der Waals surface area contributed by atoms with Gasteiger partial charge in [0.15, 0.2) is 0 Å². The van der Waals surface area contributed by atoms with E-state index in [-0.39, 0.29) is 0 Å². The zero-order valence-corrected chi connectivity index (χ0v) is 8.92. The molecule has 2 rings (SSSR count). The SMILES string of the molecule is CCC1NCC2CCCCN2C1C. The van der Waals surface area contributed by atoms with E-state index in [2.05, 4.69) is 24.1 Å². The molecule has 0 aromatic heterocycles. The Kier molecular flexibility index (Phi) is 2.89. The lowest BCUT2D eigenvalue weighted by atomic mass is 9.92. The molecule has 2 heterocycles. The average Bonchev–Trinajstić information content (AvgIpc) is 2.19. The van der Waals surface area contributed by atoms with Crippen LogP contribution in [0.5, 0.6) is 0 Å². The Morgan fingerprint density at radius 2 is 2.23 bits per heavy atom. The van der Waals surface area contributed by atoms with Gasteiger partial charge in [0.1, 0.15) is 0 Å². The summed E-state index contributed by atoms with van der Waals surface area (Å²) in [5.74, 6) is 0. The van der Waals surface area contributed by atoms with Crippen LogP contribution >= 0.6 is 0 Å². The van der Waals surface area contributed by atoms with Gasteiger partial charge < -0.3 is 5.32 Å². The fourth-order valence-electron chi connectivity index (χ4n) is 2.95. The molecule has 0 amide bonds. The first-order chi connectivity index (χ1) is 6.33. The molecule has 13 heavy (non-hydrogen) atoms. The van der Waals surface area contributed by atoms with E-state index in [1.165, 1.54) is 38.8 Å². The molecule has 0 spiro atoms. The Labute approximate surface area is 81.7 Å². The lowest BCUT2D eigenvalue weighted by Crippen LogP contribution is -2.62. The Hall–Kier alpha value is -0.0800. The molecule has 2 fully saturated rings. The van der Waals surface area contributed by atoms with E-state index in [9.17, 15) is 0 Å². The summed E-state index contributed by atoms with van der Waals surface area (Å²) in [6, 6.07) is 2.32. The van der Waals surface area contributed by atoms with Crippen molar-refractivity contribution in [3.05, 3.63) is 0 Å². The highest BCUT2D eigenvalue weighted by Crippen LogP contribution is 2.24. The van der Waals surface area contributed by atoms with Gasteiger partial charge in [-0.05, 0) is 32.7 Å². The van der Waals surface area contributed by atoms with Crippen LogP contribution in [0.1, 0.15) is 39.5 Å². The van der Waals surface area contributed by atoms with E-state index >= 15 is 0 Å². The molecule has 2 aliphatic heterocycles. The van der Waals surface area contributed by atoms with E-state index in [0.29, 0.717) is 0 Å². The number of hydrogen-bond acceptors (Lipinski definition) is 2. The third kappa shape index (κ3) is 1.75. The number of nitrogens with one attached hydrogen (secondary N) is 1. The number of nitrogens with zero attached hydrogens (tertiary/aromatic N) is 1. The molecule has 0 radical (unpaired) electrons. The van der Waals surface area contributed by atoms with Crippen LogP contribution in [0.2, 0.25) is 0 Å². The van der Waals surface area contributed by atoms with Crippen LogP contribution in [0.3, 0.4) is 0 Å². The van der Waals surface area contributed by atoms with Crippen LogP contribution in [0.15, 0.2) is 0 Å². The molecule has 3 atom stereocenters. The van der Waals surface area contributed by atoms with Crippen molar-refractivity contribution >= 4 is 0 Å². The van der Waals surface area contributed by atoms with Gasteiger partial charge in [0.05, 0.1) is 0 Å². The molecule has 76 valence electrons. The summed E-state index contributed by atoms with van der Waals surface area (Å²) in [5.41, 5.74) is 0. The standard InChI is InChI=1S/C11H22N2/c1-3-11-9(2)13-7-5-4-6-10(13)8-12-11/h9-12H,3-8H2,1-2H3. The summed E-state index contributed by atoms with van der Waals surface area (Å²) in [5, 5.41) is 3.68. The Morgan fingerprint density at radius 3 is 3.00 bits per heavy atom. The molecule has 2 aliphatic rings. The highest BCUT2D eigenvalue weighted by molar-refractivity contribution is 4.93. The summed E-state index contributed by atoms with van der Waals surface area (Å²) >= 11 is 0. The molecule has 0 saturated carbocycles. The van der Waals surface area contributed by atoms with Crippen LogP contribution in [-0.4, -0.2) is 36.1 Å². The molecular weight excluding hydrogens is 160 g/mol. The van der Waals surface area contributed by atoms with E-state index in [4.69, 9.17) is 0 Å². The monoisotopic (exact) mass is 182 g/mol. The lowest BCUT2D eigenvalue weighted by Gasteiger charge is -2.48. The first kappa shape index (κ1) is 9.47. The molecule has 0 aromatic carbocycles. The predicted molar refractivity (Wildman–Crippen MR) is 55.9 cm³/mol. The van der Waals surface area contributed by atoms with E-state index in [0.717, 1.165) is 18.1 Å². The van der Waals surface area contributed by atoms with Gasteiger partial charge in [-0.2, -0.15) is 0 Å². The van der Waals surface area contributed by atoms with E-state index < -0.39 is 0 Å². The smallest absolute Gasteiger partial charge is 0.0224 e. The molecule has 3 unspecified atom stereocenters. The highest BCUT2D eigenvalue weighted by atomic mass is 15.3. The maximum atomic E-state index is 3.68. The minimum atomic E-state index is 0.731. The van der Waals surface area contributed by atoms with Gasteiger partial charge >= 0.3 is 0 Å². The zero-order chi connectivity index (χ0) is 9.26. The number of piperazine rings is 1. The third-order valence-corrected chi connectivity index (χ3v) is 3.83. The maximum Gasteiger partial charge on any atom is 0.0224 e. The maximum absolute atomic E-state index is 3.68. The Bertz CT molecular complexity index is 169. The second-order valence-electron chi connectivity index (χ2n) is 4.55. The fourth-order valence-corrected chi connectivity index (χ4v) is 2.95. The molecule has 2 saturated heterocycles. The first-order valence-corrected chi connectivity index (χ1v) is 5.82. The second-order valence-corrected chi connectivity index (χ2v) is 4.55. The summed E-state index contributed by atoms with van der Waals surface area (Å²) in [6.45, 7) is 7.24. The molecule has 0 aromatic rings. The van der Waals surface area contributed by atoms with Gasteiger partial charge in [-0.1, -0.05) is 13.3 Å². The van der Waals surface area contributed by atoms with Crippen molar-refractivity contribution in [1.29, 1.82) is 0 Å². The van der Waals surface area contributed by atoms with E-state index in [1.54, 1.807) is 0 Å².